The molecule has 0 bridgehead atoms. The molecule has 0 aliphatic carbocycles. The van der Waals surface area contributed by atoms with E-state index in [1.165, 1.54) is 0 Å². The van der Waals surface area contributed by atoms with E-state index in [9.17, 15) is 8.78 Å². The van der Waals surface area contributed by atoms with Gasteiger partial charge in [0.1, 0.15) is 0 Å². The number of hydrogen-bond donors (Lipinski definition) is 0. The van der Waals surface area contributed by atoms with Crippen LogP contribution in [0.3, 0.4) is 0 Å². The fourth-order valence-corrected chi connectivity index (χ4v) is 1.56. The standard InChI is InChI=1S/C12H17F2N/c1-4-7-15(3)10-6-5-9(2)11(8-10)12(13)14/h5-6,8,12H,4,7H2,1-3H3. The maximum Gasteiger partial charge on any atom is 0.264 e. The van der Waals surface area contributed by atoms with Crippen molar-refractivity contribution in [3.63, 3.8) is 0 Å². The van der Waals surface area contributed by atoms with Gasteiger partial charge in [0.15, 0.2) is 0 Å². The van der Waals surface area contributed by atoms with Crippen molar-refractivity contribution in [2.75, 3.05) is 18.5 Å². The Balaban J connectivity index is 2.96. The largest absolute Gasteiger partial charge is 0.375 e. The molecule has 0 saturated heterocycles. The van der Waals surface area contributed by atoms with Gasteiger partial charge < -0.3 is 4.90 Å². The van der Waals surface area contributed by atoms with Gasteiger partial charge in [-0.05, 0) is 31.0 Å². The van der Waals surface area contributed by atoms with Crippen LogP contribution >= 0.6 is 0 Å². The van der Waals surface area contributed by atoms with Gasteiger partial charge in [-0.1, -0.05) is 13.0 Å². The van der Waals surface area contributed by atoms with E-state index in [0.29, 0.717) is 5.56 Å². The summed E-state index contributed by atoms with van der Waals surface area (Å²) in [4.78, 5) is 1.99. The number of aryl methyl sites for hydroxylation is 1. The smallest absolute Gasteiger partial charge is 0.264 e. The zero-order valence-corrected chi connectivity index (χ0v) is 9.43. The molecule has 1 nitrogen and oxygen atoms in total. The zero-order valence-electron chi connectivity index (χ0n) is 9.43. The topological polar surface area (TPSA) is 3.24 Å². The lowest BCUT2D eigenvalue weighted by atomic mass is 10.1. The van der Waals surface area contributed by atoms with Crippen molar-refractivity contribution in [1.82, 2.24) is 0 Å². The van der Waals surface area contributed by atoms with Crippen LogP contribution in [0.2, 0.25) is 0 Å². The van der Waals surface area contributed by atoms with Gasteiger partial charge in [0.2, 0.25) is 0 Å². The first kappa shape index (κ1) is 12.0. The predicted octanol–water partition coefficient (Wildman–Crippen LogP) is 3.78. The Morgan fingerprint density at radius 3 is 2.53 bits per heavy atom. The van der Waals surface area contributed by atoms with Crippen LogP contribution in [0.1, 0.15) is 30.9 Å². The molecule has 15 heavy (non-hydrogen) atoms. The molecular weight excluding hydrogens is 196 g/mol. The lowest BCUT2D eigenvalue weighted by molar-refractivity contribution is 0.150. The van der Waals surface area contributed by atoms with Gasteiger partial charge >= 0.3 is 0 Å². The van der Waals surface area contributed by atoms with Gasteiger partial charge in [0, 0.05) is 24.8 Å². The summed E-state index contributed by atoms with van der Waals surface area (Å²) >= 11 is 0. The van der Waals surface area contributed by atoms with E-state index in [4.69, 9.17) is 0 Å². The van der Waals surface area contributed by atoms with Gasteiger partial charge in [-0.2, -0.15) is 0 Å². The second-order valence-electron chi connectivity index (χ2n) is 3.76. The third-order valence-electron chi connectivity index (χ3n) is 2.50. The van der Waals surface area contributed by atoms with Gasteiger partial charge in [-0.3, -0.25) is 0 Å². The van der Waals surface area contributed by atoms with E-state index in [1.54, 1.807) is 19.1 Å². The molecule has 0 atom stereocenters. The summed E-state index contributed by atoms with van der Waals surface area (Å²) in [5.41, 5.74) is 1.65. The molecule has 0 heterocycles. The van der Waals surface area contributed by atoms with E-state index >= 15 is 0 Å². The number of halogens is 2. The highest BCUT2D eigenvalue weighted by molar-refractivity contribution is 5.50. The second-order valence-corrected chi connectivity index (χ2v) is 3.76. The molecule has 84 valence electrons. The van der Waals surface area contributed by atoms with Crippen LogP contribution in [-0.4, -0.2) is 13.6 Å². The number of rotatable bonds is 4. The Bertz CT molecular complexity index is 323. The fourth-order valence-electron chi connectivity index (χ4n) is 1.56. The molecule has 0 fully saturated rings. The Kier molecular flexibility index (Phi) is 4.06. The van der Waals surface area contributed by atoms with Crippen molar-refractivity contribution < 1.29 is 8.78 Å². The zero-order chi connectivity index (χ0) is 11.4. The molecule has 0 aliphatic heterocycles. The van der Waals surface area contributed by atoms with Crippen molar-refractivity contribution in [1.29, 1.82) is 0 Å². The van der Waals surface area contributed by atoms with Crippen molar-refractivity contribution in [2.24, 2.45) is 0 Å². The first-order valence-corrected chi connectivity index (χ1v) is 5.16. The van der Waals surface area contributed by atoms with Crippen molar-refractivity contribution in [2.45, 2.75) is 26.7 Å². The van der Waals surface area contributed by atoms with Crippen LogP contribution in [0.25, 0.3) is 0 Å². The fraction of sp³-hybridized carbons (Fsp3) is 0.500. The van der Waals surface area contributed by atoms with Gasteiger partial charge in [-0.15, -0.1) is 0 Å². The average Bonchev–Trinajstić information content (AvgIpc) is 2.18. The summed E-state index contributed by atoms with van der Waals surface area (Å²) in [5.74, 6) is 0. The number of alkyl halides is 2. The maximum atomic E-state index is 12.6. The second kappa shape index (κ2) is 5.10. The van der Waals surface area contributed by atoms with E-state index in [-0.39, 0.29) is 5.56 Å². The Morgan fingerprint density at radius 1 is 1.33 bits per heavy atom. The maximum absolute atomic E-state index is 12.6. The molecule has 0 aliphatic rings. The number of nitrogens with zero attached hydrogens (tertiary/aromatic N) is 1. The molecule has 0 aromatic heterocycles. The van der Waals surface area contributed by atoms with Crippen LogP contribution in [0.4, 0.5) is 14.5 Å². The molecule has 1 rings (SSSR count). The van der Waals surface area contributed by atoms with Crippen molar-refractivity contribution in [3.8, 4) is 0 Å². The minimum atomic E-state index is -2.39. The summed E-state index contributed by atoms with van der Waals surface area (Å²) in [6.45, 7) is 4.66. The first-order valence-electron chi connectivity index (χ1n) is 5.16. The molecule has 0 spiro atoms. The summed E-state index contributed by atoms with van der Waals surface area (Å²) in [6, 6.07) is 5.22. The Morgan fingerprint density at radius 2 is 2.00 bits per heavy atom. The summed E-state index contributed by atoms with van der Waals surface area (Å²) in [6.07, 6.45) is -1.38. The molecule has 3 heteroatoms. The number of hydrogen-bond acceptors (Lipinski definition) is 1. The molecule has 0 saturated carbocycles. The Labute approximate surface area is 89.7 Å². The molecular formula is C12H17F2N. The highest BCUT2D eigenvalue weighted by Gasteiger charge is 2.12. The van der Waals surface area contributed by atoms with E-state index in [2.05, 4.69) is 6.92 Å². The van der Waals surface area contributed by atoms with E-state index in [0.717, 1.165) is 18.7 Å². The molecule has 1 aromatic carbocycles. The van der Waals surface area contributed by atoms with Crippen molar-refractivity contribution >= 4 is 5.69 Å². The van der Waals surface area contributed by atoms with Crippen LogP contribution in [0.15, 0.2) is 18.2 Å². The van der Waals surface area contributed by atoms with Crippen LogP contribution in [0, 0.1) is 6.92 Å². The van der Waals surface area contributed by atoms with E-state index in [1.807, 2.05) is 18.0 Å². The van der Waals surface area contributed by atoms with Crippen molar-refractivity contribution in [3.05, 3.63) is 29.3 Å². The monoisotopic (exact) mass is 213 g/mol. The quantitative estimate of drug-likeness (QED) is 0.735. The lowest BCUT2D eigenvalue weighted by Crippen LogP contribution is -2.17. The minimum absolute atomic E-state index is 0.135. The number of anilines is 1. The lowest BCUT2D eigenvalue weighted by Gasteiger charge is -2.19. The normalized spacial score (nSPS) is 10.8. The third kappa shape index (κ3) is 2.91. The van der Waals surface area contributed by atoms with Gasteiger partial charge in [0.05, 0.1) is 0 Å². The summed E-state index contributed by atoms with van der Waals surface area (Å²) in [7, 11) is 1.92. The minimum Gasteiger partial charge on any atom is -0.375 e. The SMILES string of the molecule is CCCN(C)c1ccc(C)c(C(F)F)c1. The van der Waals surface area contributed by atoms with Crippen LogP contribution in [0.5, 0.6) is 0 Å². The van der Waals surface area contributed by atoms with E-state index < -0.39 is 6.43 Å². The first-order chi connectivity index (χ1) is 7.06. The predicted molar refractivity (Wildman–Crippen MR) is 59.7 cm³/mol. The molecule has 0 N–H and O–H groups in total. The van der Waals surface area contributed by atoms with Crippen LogP contribution < -0.4 is 4.90 Å². The van der Waals surface area contributed by atoms with Crippen LogP contribution in [-0.2, 0) is 0 Å². The molecule has 0 unspecified atom stereocenters. The molecule has 0 radical (unpaired) electrons. The summed E-state index contributed by atoms with van der Waals surface area (Å²) in [5, 5.41) is 0. The van der Waals surface area contributed by atoms with Gasteiger partial charge in [-0.25, -0.2) is 8.78 Å². The highest BCUT2D eigenvalue weighted by atomic mass is 19.3. The highest BCUT2D eigenvalue weighted by Crippen LogP contribution is 2.26. The molecule has 0 amide bonds. The number of benzene rings is 1. The summed E-state index contributed by atoms with van der Waals surface area (Å²) < 4.78 is 25.3. The molecule has 1 aromatic rings. The van der Waals surface area contributed by atoms with Gasteiger partial charge in [0.25, 0.3) is 6.43 Å². The average molecular weight is 213 g/mol. The third-order valence-corrected chi connectivity index (χ3v) is 2.50. The Hall–Kier alpha value is -1.12.